The minimum Gasteiger partial charge on any atom is -0.423 e. The molecule has 0 unspecified atom stereocenters. The number of hydrogen-bond acceptors (Lipinski definition) is 29. The number of nitrogens with one attached hydrogen (secondary N) is 2. The molecule has 25 nitrogen and oxygen atoms in total. The van der Waals surface area contributed by atoms with Crippen molar-refractivity contribution in [2.24, 2.45) is 0 Å². The molecule has 1 fully saturated rings. The molecular formula is C107H83B2Br3F6N20O5S6. The van der Waals surface area contributed by atoms with Gasteiger partial charge in [0.15, 0.2) is 10.3 Å². The Morgan fingerprint density at radius 2 is 0.779 bits per heavy atom. The first-order valence-corrected chi connectivity index (χ1v) is 52.7. The summed E-state index contributed by atoms with van der Waals surface area (Å²) in [4.78, 5) is 49.2. The lowest BCUT2D eigenvalue weighted by Gasteiger charge is -2.32. The largest absolute Gasteiger partial charge is 0.496 e. The number of pyridine rings is 3. The predicted octanol–water partition coefficient (Wildman–Crippen LogP) is 25.2. The van der Waals surface area contributed by atoms with Crippen LogP contribution in [0.1, 0.15) is 107 Å². The number of nitrogens with zero attached hydrogens (tertiary/aromatic N) is 14. The van der Waals surface area contributed by atoms with Gasteiger partial charge in [0.1, 0.15) is 63.4 Å². The van der Waals surface area contributed by atoms with Crippen molar-refractivity contribution < 1.29 is 50.5 Å². The van der Waals surface area contributed by atoms with E-state index in [9.17, 15) is 27.6 Å². The highest BCUT2D eigenvalue weighted by molar-refractivity contribution is 9.11. The van der Waals surface area contributed by atoms with E-state index in [-0.39, 0.29) is 59.3 Å². The minimum atomic E-state index is -1.50. The smallest absolute Gasteiger partial charge is 0.423 e. The summed E-state index contributed by atoms with van der Waals surface area (Å²) in [6.45, 7) is 15.6. The number of thiazole rings is 6. The number of urea groups is 1. The molecule has 746 valence electrons. The Hall–Kier alpha value is -14.9. The summed E-state index contributed by atoms with van der Waals surface area (Å²) in [5, 5.41) is 68.7. The second-order valence-electron chi connectivity index (χ2n) is 33.9. The van der Waals surface area contributed by atoms with Crippen molar-refractivity contribution in [2.75, 3.05) is 34.8 Å². The Bertz CT molecular complexity index is 8500. The van der Waals surface area contributed by atoms with Crippen LogP contribution in [0.25, 0.3) is 106 Å². The van der Waals surface area contributed by atoms with Gasteiger partial charge in [0.05, 0.1) is 151 Å². The van der Waals surface area contributed by atoms with E-state index in [4.69, 9.17) is 63.3 Å². The molecule has 0 aliphatic carbocycles. The molecule has 0 saturated carbocycles. The van der Waals surface area contributed by atoms with Gasteiger partial charge in [-0.05, 0) is 269 Å². The van der Waals surface area contributed by atoms with Gasteiger partial charge in [0, 0.05) is 76.6 Å². The van der Waals surface area contributed by atoms with E-state index in [1.165, 1.54) is 74.1 Å². The highest BCUT2D eigenvalue weighted by Gasteiger charge is 2.52. The van der Waals surface area contributed by atoms with Gasteiger partial charge in [-0.25, -0.2) is 76.0 Å². The first-order chi connectivity index (χ1) is 71.4. The van der Waals surface area contributed by atoms with E-state index in [0.717, 1.165) is 44.8 Å². The van der Waals surface area contributed by atoms with Crippen molar-refractivity contribution in [1.29, 1.82) is 26.3 Å². The van der Waals surface area contributed by atoms with Crippen LogP contribution in [0.5, 0.6) is 0 Å². The lowest BCUT2D eigenvalue weighted by molar-refractivity contribution is 0.00578. The van der Waals surface area contributed by atoms with E-state index in [2.05, 4.69) is 128 Å². The first-order valence-electron chi connectivity index (χ1n) is 44.8. The lowest BCUT2D eigenvalue weighted by atomic mass is 9.80. The van der Waals surface area contributed by atoms with E-state index >= 15 is 8.78 Å². The zero-order chi connectivity index (χ0) is 107. The summed E-state index contributed by atoms with van der Waals surface area (Å²) in [6.07, 6.45) is 5.70. The molecule has 0 atom stereocenters. The number of anilines is 5. The number of fused-ring (bicyclic) bond motifs is 6. The van der Waals surface area contributed by atoms with Crippen LogP contribution in [0.4, 0.5) is 58.9 Å². The zero-order valence-electron chi connectivity index (χ0n) is 80.0. The van der Waals surface area contributed by atoms with Crippen LogP contribution in [0.3, 0.4) is 0 Å². The fraction of sp³-hybridized carbons (Fsp3) is 0.131. The summed E-state index contributed by atoms with van der Waals surface area (Å²) >= 11 is 18.2. The van der Waals surface area contributed by atoms with Crippen LogP contribution in [0, 0.1) is 112 Å². The number of aromatic nitrogens is 9. The Balaban J connectivity index is 0.000000137. The van der Waals surface area contributed by atoms with Crippen molar-refractivity contribution in [3.05, 3.63) is 351 Å². The molecule has 21 rings (SSSR count). The maximum atomic E-state index is 15.6. The molecule has 149 heavy (non-hydrogen) atoms. The second-order valence-corrected chi connectivity index (χ2v) is 41.7. The maximum Gasteiger partial charge on any atom is 0.496 e. The van der Waals surface area contributed by atoms with Gasteiger partial charge in [0.2, 0.25) is 0 Å². The molecule has 1 aliphatic rings. The highest BCUT2D eigenvalue weighted by Crippen LogP contribution is 2.44. The van der Waals surface area contributed by atoms with Gasteiger partial charge in [-0.2, -0.15) is 26.3 Å². The number of rotatable bonds is 13. The molecule has 10 heterocycles. The van der Waals surface area contributed by atoms with E-state index in [1.54, 1.807) is 225 Å². The maximum absolute atomic E-state index is 15.6. The molecule has 1 aliphatic heterocycles. The van der Waals surface area contributed by atoms with E-state index in [1.807, 2.05) is 65.0 Å². The summed E-state index contributed by atoms with van der Waals surface area (Å²) in [5.41, 5.74) is 45.3. The molecule has 2 amide bonds. The normalized spacial score (nSPS) is 11.8. The van der Waals surface area contributed by atoms with Gasteiger partial charge in [-0.15, -0.1) is 45.3 Å². The number of carbonyl (C=O) groups excluding carboxylic acids is 1. The SMILES string of the molecule is CC1(C)OB(c2ccc(N)nc2)OC1(C)C.CCNC(=O)Nc1ccc(Cc2cc3scnc3c(-c3cccc(C#N)c3)c2F)cn1.Cc1cc2sc(N)nc2c(Br)c1F.Cc1cc2sc(N)nc2c(Br)c1F.Cc1cc2scnc2c(-c2cccc(C#N)c2)c1F.N#Cc1cccc(-c2c(F)c(CBr)cc3scnc23)c1.N#Cc1cccc(-c2c(F)c(Cc3ccc(N)nc3)cc3scnc23)c1.N#Cc1cccc(B(O)O)c1. The van der Waals surface area contributed by atoms with Gasteiger partial charge in [-0.1, -0.05) is 117 Å². The van der Waals surface area contributed by atoms with Crippen molar-refractivity contribution >= 4 is 236 Å². The molecule has 20 aromatic rings. The number of nitriles is 5. The molecule has 11 aromatic carbocycles. The molecule has 9 aromatic heterocycles. The fourth-order valence-corrected chi connectivity index (χ4v) is 21.7. The molecule has 0 spiro atoms. The lowest BCUT2D eigenvalue weighted by Crippen LogP contribution is -2.41. The fourth-order valence-electron chi connectivity index (χ4n) is 15.1. The summed E-state index contributed by atoms with van der Waals surface area (Å²) in [6, 6.07) is 65.3. The van der Waals surface area contributed by atoms with Crippen LogP contribution in [0.2, 0.25) is 0 Å². The summed E-state index contributed by atoms with van der Waals surface area (Å²) in [7, 11) is -1.86. The Morgan fingerprint density at radius 3 is 1.14 bits per heavy atom. The highest BCUT2D eigenvalue weighted by atomic mass is 79.9. The topological polar surface area (TPSA) is 439 Å². The monoisotopic (exact) mass is 2290 g/mol. The van der Waals surface area contributed by atoms with Crippen molar-refractivity contribution in [3.63, 3.8) is 0 Å². The van der Waals surface area contributed by atoms with Crippen molar-refractivity contribution in [1.82, 2.24) is 50.2 Å². The second kappa shape index (κ2) is 49.3. The Morgan fingerprint density at radius 1 is 0.430 bits per heavy atom. The van der Waals surface area contributed by atoms with Crippen molar-refractivity contribution in [2.45, 2.75) is 84.8 Å². The third-order valence-corrected chi connectivity index (χ3v) is 30.0. The van der Waals surface area contributed by atoms with Gasteiger partial charge in [-0.3, -0.25) is 5.32 Å². The minimum absolute atomic E-state index is 0.266. The number of carbonyl (C=O) groups is 1. The molecule has 0 bridgehead atoms. The Kier molecular flexibility index (Phi) is 36.3. The number of nitrogen functional groups attached to an aromatic ring is 4. The van der Waals surface area contributed by atoms with Gasteiger partial charge in [0.25, 0.3) is 0 Å². The van der Waals surface area contributed by atoms with Crippen molar-refractivity contribution in [3.8, 4) is 74.9 Å². The first kappa shape index (κ1) is 110. The van der Waals surface area contributed by atoms with E-state index in [0.29, 0.717) is 206 Å². The molecule has 42 heteroatoms. The van der Waals surface area contributed by atoms with Crippen LogP contribution in [-0.2, 0) is 27.5 Å². The third kappa shape index (κ3) is 26.3. The number of halogens is 9. The standard InChI is InChI=1S/C23H18FN5OS.C20H13FN4S.C15H8BrFN2S.C15H9FN2S.C11H17BN2O2.2C8H6BrFN2S.C7H6BNO2/c1-2-26-23(30)29-19-7-6-15(12-27-19)9-17-10-18-22(28-13-31-18)20(21(17)24)16-5-3-4-14(8-16)11-25;21-19-15(7-13-4-5-17(23)24-10-13)8-16-20(25-11-26-16)18(19)14-3-1-2-12(6-14)9-22;16-6-11-5-12-15(19-8-20-12)13(14(11)17)10-3-1-2-9(4-10)7-18;1-9-5-12-15(18-8-19-12)13(14(9)16)11-4-2-3-10(6-11)7-17;1-10(2)11(3,4)16-12(15-10)8-5-6-9(13)14-7-8;2*1-3-2-4-7(5(9)6(3)10)12-8(11)13-4;9-5-6-2-1-3-7(4-6)8(10)11/h3-8,10,12-13H,2,9H2,1H3,(H2,26,27,29,30);1-6,8,10-11H,7H2,(H2,23,24);1-5,8H,6H2;2-6,8H,1H3;5-7H,1-4H3,(H2,13,14);2*2H,1H3,(H2,11,12);1-4,10-11H. The summed E-state index contributed by atoms with van der Waals surface area (Å²) in [5.74, 6) is -0.420. The number of alkyl halides is 1. The average molecular weight is 2300 g/mol. The number of aryl methyl sites for hydroxylation is 3. The van der Waals surface area contributed by atoms with E-state index < -0.39 is 7.12 Å². The number of hydrogen-bond donors (Lipinski definition) is 8. The predicted molar refractivity (Wildman–Crippen MR) is 596 cm³/mol. The van der Waals surface area contributed by atoms with Crippen LogP contribution in [-0.4, -0.2) is 92.9 Å². The quantitative estimate of drug-likeness (QED) is 0.0302. The third-order valence-electron chi connectivity index (χ3n) is 23.1. The zero-order valence-corrected chi connectivity index (χ0v) is 89.7. The summed E-state index contributed by atoms with van der Waals surface area (Å²) < 4.78 is 105. The average Bonchev–Trinajstić information content (AvgIpc) is 1.68. The molecule has 0 radical (unpaired) electrons. The molecular weight excluding hydrogens is 2210 g/mol. The van der Waals surface area contributed by atoms with Gasteiger partial charge < -0.3 is 47.6 Å². The molecule has 1 saturated heterocycles. The number of benzene rings is 11. The van der Waals surface area contributed by atoms with Crippen LogP contribution >= 0.6 is 116 Å². The van der Waals surface area contributed by atoms with Gasteiger partial charge >= 0.3 is 20.3 Å². The van der Waals surface area contributed by atoms with Crippen LogP contribution in [0.15, 0.2) is 244 Å². The van der Waals surface area contributed by atoms with Crippen LogP contribution < -0.4 is 44.5 Å². The Labute approximate surface area is 900 Å². The number of nitrogens with two attached hydrogens (primary N) is 4. The number of amides is 2. The molecule has 12 N–H and O–H groups in total.